The molecule has 0 heterocycles. The van der Waals surface area contributed by atoms with Gasteiger partial charge in [-0.15, -0.1) is 0 Å². The van der Waals surface area contributed by atoms with Crippen LogP contribution >= 0.6 is 0 Å². The molecule has 0 saturated heterocycles. The Morgan fingerprint density at radius 2 is 1.76 bits per heavy atom. The predicted molar refractivity (Wildman–Crippen MR) is 96.7 cm³/mol. The van der Waals surface area contributed by atoms with E-state index in [1.807, 2.05) is 42.5 Å². The summed E-state index contributed by atoms with van der Waals surface area (Å²) >= 11 is 0. The van der Waals surface area contributed by atoms with Crippen molar-refractivity contribution in [3.8, 4) is 0 Å². The molecule has 0 aliphatic heterocycles. The second-order valence-corrected chi connectivity index (χ2v) is 5.41. The minimum absolute atomic E-state index is 0.130. The van der Waals surface area contributed by atoms with E-state index in [2.05, 4.69) is 10.1 Å². The number of carbonyl (C=O) groups is 2. The van der Waals surface area contributed by atoms with Crippen LogP contribution in [0.1, 0.15) is 12.0 Å². The molecule has 0 fully saturated rings. The summed E-state index contributed by atoms with van der Waals surface area (Å²) in [6.07, 6.45) is 0.905. The predicted octanol–water partition coefficient (Wildman–Crippen LogP) is 2.82. The maximum Gasteiger partial charge on any atom is 0.326 e. The quantitative estimate of drug-likeness (QED) is 0.759. The lowest BCUT2D eigenvalue weighted by molar-refractivity contribution is -0.140. The number of rotatable bonds is 7. The van der Waals surface area contributed by atoms with Crippen molar-refractivity contribution >= 4 is 23.4 Å². The number of carbonyl (C=O) groups excluding carboxylic acids is 2. The summed E-state index contributed by atoms with van der Waals surface area (Å²) in [6.45, 7) is 0.0713. The Bertz CT molecular complexity index is 686. The van der Waals surface area contributed by atoms with Gasteiger partial charge in [-0.3, -0.25) is 9.69 Å². The SMILES string of the molecule is COC(=O)CCc1ccc(NC(=O)N(CCO)c2ccccc2)cc1. The van der Waals surface area contributed by atoms with Gasteiger partial charge in [-0.2, -0.15) is 0 Å². The van der Waals surface area contributed by atoms with E-state index in [-0.39, 0.29) is 25.2 Å². The van der Waals surface area contributed by atoms with Crippen LogP contribution in [-0.4, -0.2) is 37.4 Å². The molecule has 0 atom stereocenters. The number of para-hydroxylation sites is 1. The van der Waals surface area contributed by atoms with Crippen molar-refractivity contribution in [2.75, 3.05) is 30.5 Å². The fourth-order valence-corrected chi connectivity index (χ4v) is 2.35. The highest BCUT2D eigenvalue weighted by molar-refractivity contribution is 6.01. The normalized spacial score (nSPS) is 10.2. The number of nitrogens with one attached hydrogen (secondary N) is 1. The number of urea groups is 1. The zero-order valence-electron chi connectivity index (χ0n) is 14.1. The number of hydrogen-bond acceptors (Lipinski definition) is 4. The van der Waals surface area contributed by atoms with E-state index in [0.29, 0.717) is 24.2 Å². The number of anilines is 2. The van der Waals surface area contributed by atoms with Gasteiger partial charge in [0.25, 0.3) is 0 Å². The van der Waals surface area contributed by atoms with E-state index in [9.17, 15) is 14.7 Å². The number of benzene rings is 2. The topological polar surface area (TPSA) is 78.9 Å². The van der Waals surface area contributed by atoms with Crippen LogP contribution in [0.15, 0.2) is 54.6 Å². The van der Waals surface area contributed by atoms with E-state index in [0.717, 1.165) is 5.56 Å². The van der Waals surface area contributed by atoms with Crippen molar-refractivity contribution in [2.24, 2.45) is 0 Å². The molecular formula is C19H22N2O4. The van der Waals surface area contributed by atoms with Crippen LogP contribution in [0.5, 0.6) is 0 Å². The fraction of sp³-hybridized carbons (Fsp3) is 0.263. The molecule has 2 rings (SSSR count). The van der Waals surface area contributed by atoms with Crippen LogP contribution in [0.25, 0.3) is 0 Å². The molecule has 2 aromatic rings. The zero-order chi connectivity index (χ0) is 18.1. The maximum absolute atomic E-state index is 12.5. The molecule has 0 unspecified atom stereocenters. The Morgan fingerprint density at radius 1 is 1.08 bits per heavy atom. The van der Waals surface area contributed by atoms with Gasteiger partial charge >= 0.3 is 12.0 Å². The molecule has 0 spiro atoms. The second kappa shape index (κ2) is 9.44. The summed E-state index contributed by atoms with van der Waals surface area (Å²) in [6, 6.07) is 16.1. The van der Waals surface area contributed by atoms with Gasteiger partial charge in [-0.1, -0.05) is 30.3 Å². The standard InChI is InChI=1S/C19H22N2O4/c1-25-18(23)12-9-15-7-10-16(11-8-15)20-19(24)21(13-14-22)17-5-3-2-4-6-17/h2-8,10-11,22H,9,12-14H2,1H3,(H,20,24). The van der Waals surface area contributed by atoms with Gasteiger partial charge in [0.15, 0.2) is 0 Å². The van der Waals surface area contributed by atoms with Gasteiger partial charge in [0.2, 0.25) is 0 Å². The minimum Gasteiger partial charge on any atom is -0.469 e. The Kier molecular flexibility index (Phi) is 6.98. The van der Waals surface area contributed by atoms with Crippen molar-refractivity contribution in [3.05, 3.63) is 60.2 Å². The summed E-state index contributed by atoms with van der Waals surface area (Å²) < 4.78 is 4.62. The summed E-state index contributed by atoms with van der Waals surface area (Å²) in [5.74, 6) is -0.250. The molecule has 2 N–H and O–H groups in total. The van der Waals surface area contributed by atoms with Crippen molar-refractivity contribution in [3.63, 3.8) is 0 Å². The third-order valence-corrected chi connectivity index (χ3v) is 3.69. The van der Waals surface area contributed by atoms with Gasteiger partial charge in [0, 0.05) is 17.8 Å². The lowest BCUT2D eigenvalue weighted by atomic mass is 10.1. The van der Waals surface area contributed by atoms with Crippen molar-refractivity contribution in [1.29, 1.82) is 0 Å². The molecule has 6 nitrogen and oxygen atoms in total. The highest BCUT2D eigenvalue weighted by Gasteiger charge is 2.15. The highest BCUT2D eigenvalue weighted by Crippen LogP contribution is 2.16. The molecule has 132 valence electrons. The summed E-state index contributed by atoms with van der Waals surface area (Å²) in [7, 11) is 1.37. The summed E-state index contributed by atoms with van der Waals surface area (Å²) in [5.41, 5.74) is 2.34. The highest BCUT2D eigenvalue weighted by atomic mass is 16.5. The zero-order valence-corrected chi connectivity index (χ0v) is 14.1. The molecule has 0 saturated carbocycles. The van der Waals surface area contributed by atoms with E-state index < -0.39 is 0 Å². The number of ether oxygens (including phenoxy) is 1. The smallest absolute Gasteiger partial charge is 0.326 e. The molecule has 2 amide bonds. The average Bonchev–Trinajstić information content (AvgIpc) is 2.65. The van der Waals surface area contributed by atoms with Crippen molar-refractivity contribution < 1.29 is 19.4 Å². The molecule has 25 heavy (non-hydrogen) atoms. The molecule has 2 aromatic carbocycles. The van der Waals surface area contributed by atoms with Crippen LogP contribution in [0.4, 0.5) is 16.2 Å². The fourth-order valence-electron chi connectivity index (χ4n) is 2.35. The first-order valence-electron chi connectivity index (χ1n) is 8.04. The van der Waals surface area contributed by atoms with Crippen LogP contribution in [0, 0.1) is 0 Å². The van der Waals surface area contributed by atoms with Gasteiger partial charge in [0.05, 0.1) is 20.3 Å². The van der Waals surface area contributed by atoms with Crippen LogP contribution in [0.2, 0.25) is 0 Å². The summed E-state index contributed by atoms with van der Waals surface area (Å²) in [4.78, 5) is 25.1. The third-order valence-electron chi connectivity index (χ3n) is 3.69. The van der Waals surface area contributed by atoms with Crippen LogP contribution < -0.4 is 10.2 Å². The first-order chi connectivity index (χ1) is 12.1. The number of aliphatic hydroxyl groups excluding tert-OH is 1. The lowest BCUT2D eigenvalue weighted by Gasteiger charge is -2.22. The van der Waals surface area contributed by atoms with E-state index in [1.165, 1.54) is 12.0 Å². The van der Waals surface area contributed by atoms with Gasteiger partial charge in [-0.25, -0.2) is 4.79 Å². The first-order valence-corrected chi connectivity index (χ1v) is 8.04. The Morgan fingerprint density at radius 3 is 2.36 bits per heavy atom. The second-order valence-electron chi connectivity index (χ2n) is 5.41. The van der Waals surface area contributed by atoms with Gasteiger partial charge < -0.3 is 15.2 Å². The third kappa shape index (κ3) is 5.61. The van der Waals surface area contributed by atoms with Crippen molar-refractivity contribution in [1.82, 2.24) is 0 Å². The Labute approximate surface area is 147 Å². The maximum atomic E-state index is 12.5. The number of esters is 1. The van der Waals surface area contributed by atoms with Gasteiger partial charge in [0.1, 0.15) is 0 Å². The van der Waals surface area contributed by atoms with Crippen LogP contribution in [-0.2, 0) is 16.0 Å². The number of hydrogen-bond donors (Lipinski definition) is 2. The number of aliphatic hydroxyl groups is 1. The number of amides is 2. The largest absolute Gasteiger partial charge is 0.469 e. The van der Waals surface area contributed by atoms with Crippen LogP contribution in [0.3, 0.4) is 0 Å². The Hall–Kier alpha value is -2.86. The monoisotopic (exact) mass is 342 g/mol. The average molecular weight is 342 g/mol. The molecule has 0 radical (unpaired) electrons. The molecule has 0 bridgehead atoms. The number of aryl methyl sites for hydroxylation is 1. The van der Waals surface area contributed by atoms with E-state index >= 15 is 0 Å². The first kappa shape index (κ1) is 18.5. The van der Waals surface area contributed by atoms with E-state index in [1.54, 1.807) is 12.1 Å². The lowest BCUT2D eigenvalue weighted by Crippen LogP contribution is -2.37. The number of methoxy groups -OCH3 is 1. The van der Waals surface area contributed by atoms with E-state index in [4.69, 9.17) is 0 Å². The Balaban J connectivity index is 1.99. The summed E-state index contributed by atoms with van der Waals surface area (Å²) in [5, 5.41) is 12.0. The molecule has 6 heteroatoms. The minimum atomic E-state index is -0.317. The molecule has 0 aliphatic carbocycles. The van der Waals surface area contributed by atoms with Gasteiger partial charge in [-0.05, 0) is 36.2 Å². The molecular weight excluding hydrogens is 320 g/mol. The number of nitrogens with zero attached hydrogens (tertiary/aromatic N) is 1. The molecule has 0 aliphatic rings. The van der Waals surface area contributed by atoms with Crippen molar-refractivity contribution in [2.45, 2.75) is 12.8 Å². The molecule has 0 aromatic heterocycles.